The Labute approximate surface area is 111 Å². The minimum absolute atomic E-state index is 0.0591. The van der Waals surface area contributed by atoms with E-state index >= 15 is 0 Å². The van der Waals surface area contributed by atoms with Crippen molar-refractivity contribution in [3.63, 3.8) is 0 Å². The number of hydrogen-bond donors (Lipinski definition) is 1. The maximum atomic E-state index is 11.7. The fourth-order valence-electron chi connectivity index (χ4n) is 2.35. The minimum atomic E-state index is -1.02. The number of piperidine rings is 1. The summed E-state index contributed by atoms with van der Waals surface area (Å²) in [6.45, 7) is 3.80. The lowest BCUT2D eigenvalue weighted by molar-refractivity contribution is -0.126. The fourth-order valence-corrected chi connectivity index (χ4v) is 2.35. The Morgan fingerprint density at radius 3 is 3.05 bits per heavy atom. The number of carboxylic acid groups (broad SMARTS) is 1. The number of carbonyl (C=O) groups is 2. The third kappa shape index (κ3) is 3.14. The van der Waals surface area contributed by atoms with Crippen molar-refractivity contribution < 1.29 is 14.7 Å². The highest BCUT2D eigenvalue weighted by Gasteiger charge is 2.26. The predicted molar refractivity (Wildman–Crippen MR) is 67.7 cm³/mol. The summed E-state index contributed by atoms with van der Waals surface area (Å²) in [6, 6.07) is 0. The second-order valence-electron chi connectivity index (χ2n) is 4.74. The van der Waals surface area contributed by atoms with Crippen molar-refractivity contribution in [3.05, 3.63) is 23.8 Å². The van der Waals surface area contributed by atoms with Gasteiger partial charge in [0.1, 0.15) is 17.7 Å². The Kier molecular flexibility index (Phi) is 4.21. The summed E-state index contributed by atoms with van der Waals surface area (Å²) in [7, 11) is 0. The molecule has 6 nitrogen and oxygen atoms in total. The monoisotopic (exact) mass is 263 g/mol. The number of nitrogens with zero attached hydrogens (tertiary/aromatic N) is 3. The molecule has 19 heavy (non-hydrogen) atoms. The van der Waals surface area contributed by atoms with Crippen molar-refractivity contribution in [3.8, 4) is 0 Å². The van der Waals surface area contributed by atoms with Gasteiger partial charge in [0, 0.05) is 38.2 Å². The molecule has 0 spiro atoms. The summed E-state index contributed by atoms with van der Waals surface area (Å²) in [5, 5.41) is 9.08. The molecule has 1 aliphatic heterocycles. The smallest absolute Gasteiger partial charge is 0.339 e. The van der Waals surface area contributed by atoms with Gasteiger partial charge in [-0.25, -0.2) is 14.8 Å². The molecule has 1 aliphatic rings. The lowest BCUT2D eigenvalue weighted by Gasteiger charge is -2.31. The highest BCUT2D eigenvalue weighted by atomic mass is 16.4. The maximum absolute atomic E-state index is 11.7. The molecule has 1 aromatic heterocycles. The van der Waals surface area contributed by atoms with Crippen LogP contribution in [0.4, 0.5) is 0 Å². The van der Waals surface area contributed by atoms with E-state index in [4.69, 9.17) is 5.11 Å². The summed E-state index contributed by atoms with van der Waals surface area (Å²) in [6.07, 6.45) is 4.03. The molecule has 2 heterocycles. The normalized spacial score (nSPS) is 20.5. The first-order valence-electron chi connectivity index (χ1n) is 6.39. The molecule has 0 saturated carbocycles. The van der Waals surface area contributed by atoms with Gasteiger partial charge in [0.05, 0.1) is 5.69 Å². The molecule has 1 atom stereocenters. The molecule has 0 aromatic carbocycles. The number of likely N-dealkylation sites (tertiary alicyclic amines) is 1. The van der Waals surface area contributed by atoms with Crippen molar-refractivity contribution in [1.82, 2.24) is 14.9 Å². The van der Waals surface area contributed by atoms with Crippen LogP contribution in [0.15, 0.2) is 12.5 Å². The molecule has 0 radical (unpaired) electrons. The van der Waals surface area contributed by atoms with E-state index in [1.54, 1.807) is 0 Å². The summed E-state index contributed by atoms with van der Waals surface area (Å²) >= 11 is 0. The number of carboxylic acids is 1. The average molecular weight is 263 g/mol. The number of carbonyl (C=O) groups excluding carboxylic acids is 1. The van der Waals surface area contributed by atoms with Crippen molar-refractivity contribution in [1.29, 1.82) is 0 Å². The molecule has 0 amide bonds. The van der Waals surface area contributed by atoms with Crippen LogP contribution >= 0.6 is 0 Å². The Morgan fingerprint density at radius 1 is 1.58 bits per heavy atom. The zero-order valence-corrected chi connectivity index (χ0v) is 10.9. The molecular formula is C13H17N3O3. The number of Topliss-reactive ketones (excluding diaryl/α,β-unsaturated/α-hetero) is 1. The lowest BCUT2D eigenvalue weighted by atomic mass is 9.94. The molecule has 1 aromatic rings. The predicted octanol–water partition coefficient (Wildman–Crippen LogP) is 0.976. The first-order chi connectivity index (χ1) is 9.11. The van der Waals surface area contributed by atoms with Crippen molar-refractivity contribution >= 4 is 11.8 Å². The van der Waals surface area contributed by atoms with Crippen LogP contribution in [-0.4, -0.2) is 44.8 Å². The Morgan fingerprint density at radius 2 is 2.37 bits per heavy atom. The molecule has 102 valence electrons. The molecule has 0 bridgehead atoms. The van der Waals surface area contributed by atoms with Gasteiger partial charge < -0.3 is 5.11 Å². The highest BCUT2D eigenvalue weighted by molar-refractivity contribution is 5.88. The van der Waals surface area contributed by atoms with Gasteiger partial charge in [0.2, 0.25) is 0 Å². The standard InChI is InChI=1S/C13H17N3O3/c1-2-9-6-16(4-3-12(9)17)7-11-10(13(18)19)5-14-8-15-11/h5,8-9H,2-4,6-7H2,1H3,(H,18,19). The second-order valence-corrected chi connectivity index (χ2v) is 4.74. The van der Waals surface area contributed by atoms with Crippen molar-refractivity contribution in [2.24, 2.45) is 5.92 Å². The molecule has 1 saturated heterocycles. The van der Waals surface area contributed by atoms with Crippen molar-refractivity contribution in [2.75, 3.05) is 13.1 Å². The van der Waals surface area contributed by atoms with E-state index in [1.807, 2.05) is 6.92 Å². The quantitative estimate of drug-likeness (QED) is 0.871. The number of aromatic carboxylic acids is 1. The Balaban J connectivity index is 2.09. The number of hydrogen-bond acceptors (Lipinski definition) is 5. The molecular weight excluding hydrogens is 246 g/mol. The average Bonchev–Trinajstić information content (AvgIpc) is 2.41. The SMILES string of the molecule is CCC1CN(Cc2ncncc2C(=O)O)CCC1=O. The van der Waals surface area contributed by atoms with Gasteiger partial charge >= 0.3 is 5.97 Å². The van der Waals surface area contributed by atoms with Crippen LogP contribution in [0.1, 0.15) is 35.8 Å². The Bertz CT molecular complexity index is 490. The van der Waals surface area contributed by atoms with Crippen molar-refractivity contribution in [2.45, 2.75) is 26.3 Å². The molecule has 1 N–H and O–H groups in total. The summed E-state index contributed by atoms with van der Waals surface area (Å²) in [5.41, 5.74) is 0.638. The van der Waals surface area contributed by atoms with Gasteiger partial charge in [0.15, 0.2) is 0 Å². The molecule has 1 fully saturated rings. The molecule has 1 unspecified atom stereocenters. The van der Waals surface area contributed by atoms with E-state index < -0.39 is 5.97 Å². The van der Waals surface area contributed by atoms with Gasteiger partial charge in [-0.15, -0.1) is 0 Å². The number of ketones is 1. The summed E-state index contributed by atoms with van der Waals surface area (Å²) in [5.74, 6) is -0.653. The van der Waals surface area contributed by atoms with Crippen LogP contribution in [0.25, 0.3) is 0 Å². The van der Waals surface area contributed by atoms with E-state index in [1.165, 1.54) is 12.5 Å². The topological polar surface area (TPSA) is 83.4 Å². The van der Waals surface area contributed by atoms with E-state index in [2.05, 4.69) is 14.9 Å². The van der Waals surface area contributed by atoms with Gasteiger partial charge in [-0.3, -0.25) is 9.69 Å². The van der Waals surface area contributed by atoms with Crippen LogP contribution in [0.3, 0.4) is 0 Å². The Hall–Kier alpha value is -1.82. The second kappa shape index (κ2) is 5.88. The van der Waals surface area contributed by atoms with Crippen LogP contribution in [0, 0.1) is 5.92 Å². The van der Waals surface area contributed by atoms with Crippen LogP contribution in [0.2, 0.25) is 0 Å². The van der Waals surface area contributed by atoms with Crippen LogP contribution < -0.4 is 0 Å². The van der Waals surface area contributed by atoms with E-state index in [0.29, 0.717) is 37.5 Å². The van der Waals surface area contributed by atoms with Gasteiger partial charge in [-0.1, -0.05) is 6.92 Å². The van der Waals surface area contributed by atoms with Crippen LogP contribution in [0.5, 0.6) is 0 Å². The van der Waals surface area contributed by atoms with E-state index in [-0.39, 0.29) is 11.5 Å². The zero-order chi connectivity index (χ0) is 13.8. The lowest BCUT2D eigenvalue weighted by Crippen LogP contribution is -2.40. The largest absolute Gasteiger partial charge is 0.478 e. The van der Waals surface area contributed by atoms with Gasteiger partial charge in [0.25, 0.3) is 0 Å². The van der Waals surface area contributed by atoms with Gasteiger partial charge in [-0.2, -0.15) is 0 Å². The third-order valence-corrected chi connectivity index (χ3v) is 3.50. The van der Waals surface area contributed by atoms with Gasteiger partial charge in [-0.05, 0) is 6.42 Å². The van der Waals surface area contributed by atoms with Crippen LogP contribution in [-0.2, 0) is 11.3 Å². The molecule has 6 heteroatoms. The van der Waals surface area contributed by atoms with E-state index in [9.17, 15) is 9.59 Å². The molecule has 0 aliphatic carbocycles. The summed E-state index contributed by atoms with van der Waals surface area (Å²) in [4.78, 5) is 32.6. The minimum Gasteiger partial charge on any atom is -0.478 e. The summed E-state index contributed by atoms with van der Waals surface area (Å²) < 4.78 is 0. The number of rotatable bonds is 4. The maximum Gasteiger partial charge on any atom is 0.339 e. The van der Waals surface area contributed by atoms with E-state index in [0.717, 1.165) is 6.42 Å². The first-order valence-corrected chi connectivity index (χ1v) is 6.39. The number of aromatic nitrogens is 2. The fraction of sp³-hybridized carbons (Fsp3) is 0.538. The zero-order valence-electron chi connectivity index (χ0n) is 10.9. The first kappa shape index (κ1) is 13.6. The third-order valence-electron chi connectivity index (χ3n) is 3.50. The molecule has 2 rings (SSSR count). The highest BCUT2D eigenvalue weighted by Crippen LogP contribution is 2.18.